The molecule has 0 spiro atoms. The van der Waals surface area contributed by atoms with Gasteiger partial charge in [-0.1, -0.05) is 39.0 Å². The summed E-state index contributed by atoms with van der Waals surface area (Å²) in [4.78, 5) is 10.9. The molecule has 0 saturated carbocycles. The van der Waals surface area contributed by atoms with Crippen LogP contribution in [-0.2, 0) is 33.2 Å². The number of carbonyl (C=O) groups is 1. The lowest BCUT2D eigenvalue weighted by molar-refractivity contribution is -0.158. The summed E-state index contributed by atoms with van der Waals surface area (Å²) in [7, 11) is -3.60. The number of rotatable bonds is 8. The lowest BCUT2D eigenvalue weighted by Crippen LogP contribution is -2.44. The van der Waals surface area contributed by atoms with Crippen LogP contribution in [0.4, 0.5) is 0 Å². The second-order valence-corrected chi connectivity index (χ2v) is 11.0. The fourth-order valence-corrected chi connectivity index (χ4v) is 5.45. The second kappa shape index (κ2) is 8.94. The number of thioether (sulfide) groups is 1. The molecule has 1 aliphatic rings. The van der Waals surface area contributed by atoms with E-state index in [4.69, 9.17) is 0 Å². The van der Waals surface area contributed by atoms with E-state index in [1.165, 1.54) is 15.4 Å². The monoisotopic (exact) mass is 414 g/mol. The van der Waals surface area contributed by atoms with Crippen LogP contribution in [-0.4, -0.2) is 59.8 Å². The second-order valence-electron chi connectivity index (χ2n) is 8.02. The third-order valence-corrected chi connectivity index (χ3v) is 7.53. The molecule has 0 bridgehead atoms. The molecule has 1 amide bonds. The molecule has 1 aromatic carbocycles. The third kappa shape index (κ3) is 5.70. The summed E-state index contributed by atoms with van der Waals surface area (Å²) in [6, 6.07) is 5.59. The highest BCUT2D eigenvalue weighted by Gasteiger charge is 2.31. The highest BCUT2D eigenvalue weighted by Crippen LogP contribution is 2.28. The van der Waals surface area contributed by atoms with E-state index in [1.54, 1.807) is 11.8 Å². The van der Waals surface area contributed by atoms with Crippen molar-refractivity contribution in [2.75, 3.05) is 24.3 Å². The quantitative estimate of drug-likeness (QED) is 0.402. The van der Waals surface area contributed by atoms with Crippen LogP contribution in [0.1, 0.15) is 43.9 Å². The van der Waals surface area contributed by atoms with E-state index < -0.39 is 16.1 Å². The van der Waals surface area contributed by atoms with Crippen molar-refractivity contribution in [3.8, 4) is 0 Å². The highest BCUT2D eigenvalue weighted by atomic mass is 32.2. The van der Waals surface area contributed by atoms with Gasteiger partial charge in [0.05, 0.1) is 11.8 Å². The smallest absolute Gasteiger partial charge is 0.233 e. The number of hydrogen-bond donors (Lipinski definition) is 1. The average molecular weight is 415 g/mol. The Bertz CT molecular complexity index is 759. The van der Waals surface area contributed by atoms with Crippen molar-refractivity contribution in [1.82, 2.24) is 9.37 Å². The maximum Gasteiger partial charge on any atom is 0.233 e. The van der Waals surface area contributed by atoms with Crippen molar-refractivity contribution in [2.24, 2.45) is 0 Å². The summed E-state index contributed by atoms with van der Waals surface area (Å²) in [5.74, 6) is 0.403. The summed E-state index contributed by atoms with van der Waals surface area (Å²) in [5, 5.41) is 10.3. The molecule has 0 radical (unpaired) electrons. The van der Waals surface area contributed by atoms with Gasteiger partial charge < -0.3 is 0 Å². The fraction of sp³-hybridized carbons (Fsp3) is 0.632. The first-order chi connectivity index (χ1) is 12.6. The molecule has 27 heavy (non-hydrogen) atoms. The van der Waals surface area contributed by atoms with Crippen LogP contribution in [0.5, 0.6) is 0 Å². The first-order valence-electron chi connectivity index (χ1n) is 9.10. The van der Waals surface area contributed by atoms with Crippen LogP contribution in [0, 0.1) is 0 Å². The third-order valence-electron chi connectivity index (χ3n) is 4.98. The molecule has 1 heterocycles. The van der Waals surface area contributed by atoms with Crippen molar-refractivity contribution < 1.29 is 18.4 Å². The van der Waals surface area contributed by atoms with Gasteiger partial charge in [0.25, 0.3) is 0 Å². The normalized spacial score (nSPS) is 16.6. The van der Waals surface area contributed by atoms with Gasteiger partial charge in [0.2, 0.25) is 16.4 Å². The highest BCUT2D eigenvalue weighted by molar-refractivity contribution is 7.98. The zero-order valence-corrected chi connectivity index (χ0v) is 18.1. The Kier molecular flexibility index (Phi) is 7.35. The van der Waals surface area contributed by atoms with Gasteiger partial charge in [-0.05, 0) is 47.0 Å². The molecule has 1 aromatic rings. The summed E-state index contributed by atoms with van der Waals surface area (Å²) >= 11 is 1.55. The van der Waals surface area contributed by atoms with Gasteiger partial charge >= 0.3 is 0 Å². The average Bonchev–Trinajstić information content (AvgIpc) is 2.62. The van der Waals surface area contributed by atoms with Crippen LogP contribution < -0.4 is 0 Å². The maximum atomic E-state index is 12.9. The fourth-order valence-electron chi connectivity index (χ4n) is 3.22. The summed E-state index contributed by atoms with van der Waals surface area (Å²) in [6.45, 7) is 7.17. The summed E-state index contributed by atoms with van der Waals surface area (Å²) in [5.41, 5.74) is 3.40. The van der Waals surface area contributed by atoms with E-state index in [2.05, 4.69) is 39.0 Å². The van der Waals surface area contributed by atoms with E-state index in [-0.39, 0.29) is 17.6 Å². The topological polar surface area (TPSA) is 77.9 Å². The Labute approximate surface area is 166 Å². The predicted molar refractivity (Wildman–Crippen MR) is 110 cm³/mol. The van der Waals surface area contributed by atoms with Crippen LogP contribution in [0.15, 0.2) is 18.2 Å². The van der Waals surface area contributed by atoms with Gasteiger partial charge in [-0.2, -0.15) is 16.1 Å². The Morgan fingerprint density at radius 2 is 2.04 bits per heavy atom. The zero-order valence-electron chi connectivity index (χ0n) is 16.5. The molecule has 1 unspecified atom stereocenters. The van der Waals surface area contributed by atoms with Gasteiger partial charge in [0, 0.05) is 13.1 Å². The molecule has 0 aromatic heterocycles. The van der Waals surface area contributed by atoms with E-state index in [0.717, 1.165) is 5.56 Å². The van der Waals surface area contributed by atoms with Crippen molar-refractivity contribution in [3.05, 3.63) is 34.9 Å². The molecule has 8 heteroatoms. The molecule has 1 atom stereocenters. The Morgan fingerprint density at radius 3 is 2.63 bits per heavy atom. The van der Waals surface area contributed by atoms with Crippen LogP contribution in [0.3, 0.4) is 0 Å². The Balaban J connectivity index is 2.19. The summed E-state index contributed by atoms with van der Waals surface area (Å²) in [6.07, 6.45) is 3.28. The minimum atomic E-state index is -3.60. The van der Waals surface area contributed by atoms with Gasteiger partial charge in [0.1, 0.15) is 0 Å². The first-order valence-corrected chi connectivity index (χ1v) is 12.1. The number of benzene rings is 1. The molecule has 0 fully saturated rings. The van der Waals surface area contributed by atoms with Gasteiger partial charge in [0.15, 0.2) is 0 Å². The number of fused-ring (bicyclic) bond motifs is 1. The molecular formula is C19H30N2O4S2. The van der Waals surface area contributed by atoms with Crippen LogP contribution in [0.25, 0.3) is 0 Å². The maximum absolute atomic E-state index is 12.9. The lowest BCUT2D eigenvalue weighted by Gasteiger charge is -2.32. The van der Waals surface area contributed by atoms with E-state index in [9.17, 15) is 18.4 Å². The van der Waals surface area contributed by atoms with Crippen molar-refractivity contribution >= 4 is 28.2 Å². The van der Waals surface area contributed by atoms with E-state index in [1.807, 2.05) is 6.26 Å². The minimum Gasteiger partial charge on any atom is -0.286 e. The number of amides is 1. The number of nitrogens with zero attached hydrogens (tertiary/aromatic N) is 2. The SMILES string of the molecule is CSCCC(CS(=O)(=O)N1CCc2ccc(C(C)(C)C)cc2C1)N(O)C=O. The van der Waals surface area contributed by atoms with Crippen LogP contribution >= 0.6 is 11.8 Å². The molecule has 1 aliphatic heterocycles. The van der Waals surface area contributed by atoms with E-state index >= 15 is 0 Å². The van der Waals surface area contributed by atoms with Crippen LogP contribution in [0.2, 0.25) is 0 Å². The van der Waals surface area contributed by atoms with Crippen molar-refractivity contribution in [3.63, 3.8) is 0 Å². The lowest BCUT2D eigenvalue weighted by atomic mass is 9.84. The molecule has 2 rings (SSSR count). The molecule has 6 nitrogen and oxygen atoms in total. The van der Waals surface area contributed by atoms with Gasteiger partial charge in [-0.3, -0.25) is 10.0 Å². The number of carbonyl (C=O) groups excluding carboxylic acids is 1. The van der Waals surface area contributed by atoms with Gasteiger partial charge in [-0.15, -0.1) is 0 Å². The standard InChI is InChI=1S/C19H30N2O4S2/c1-19(2,3)17-6-5-15-7-9-20(12-16(15)11-17)27(24,25)13-18(8-10-26-4)21(23)14-22/h5-6,11,14,18,23H,7-10,12-13H2,1-4H3. The van der Waals surface area contributed by atoms with E-state index in [0.29, 0.717) is 36.7 Å². The zero-order chi connectivity index (χ0) is 20.2. The van der Waals surface area contributed by atoms with Gasteiger partial charge in [-0.25, -0.2) is 13.5 Å². The summed E-state index contributed by atoms with van der Waals surface area (Å²) < 4.78 is 27.4. The molecule has 0 saturated heterocycles. The molecule has 152 valence electrons. The first kappa shape index (κ1) is 22.2. The molecular weight excluding hydrogens is 384 g/mol. The number of sulfonamides is 1. The molecule has 1 N–H and O–H groups in total. The largest absolute Gasteiger partial charge is 0.286 e. The minimum absolute atomic E-state index is 0.000444. The Hall–Kier alpha value is -1.09. The predicted octanol–water partition coefficient (Wildman–Crippen LogP) is 2.64. The number of hydroxylamine groups is 2. The van der Waals surface area contributed by atoms with Crippen molar-refractivity contribution in [1.29, 1.82) is 0 Å². The number of hydrogen-bond acceptors (Lipinski definition) is 5. The Morgan fingerprint density at radius 1 is 1.33 bits per heavy atom. The molecule has 0 aliphatic carbocycles. The van der Waals surface area contributed by atoms with Crippen molar-refractivity contribution in [2.45, 2.75) is 51.6 Å².